The zero-order chi connectivity index (χ0) is 19.7. The molecular weight excluding hydrogens is 378 g/mol. The number of thioether (sulfide) groups is 1. The van der Waals surface area contributed by atoms with Gasteiger partial charge in [0, 0.05) is 4.90 Å². The highest BCUT2D eigenvalue weighted by Gasteiger charge is 2.30. The predicted molar refractivity (Wildman–Crippen MR) is 106 cm³/mol. The quantitative estimate of drug-likeness (QED) is 0.659. The zero-order valence-electron chi connectivity index (χ0n) is 15.0. The van der Waals surface area contributed by atoms with Crippen molar-refractivity contribution in [2.45, 2.75) is 29.6 Å². The summed E-state index contributed by atoms with van der Waals surface area (Å²) in [4.78, 5) is 44.7. The molecule has 0 saturated heterocycles. The number of aromatic amines is 1. The lowest BCUT2D eigenvalue weighted by molar-refractivity contribution is -0.149. The van der Waals surface area contributed by atoms with Crippen LogP contribution in [0.2, 0.25) is 0 Å². The van der Waals surface area contributed by atoms with Gasteiger partial charge < -0.3 is 15.0 Å². The van der Waals surface area contributed by atoms with Gasteiger partial charge in [0.25, 0.3) is 5.56 Å². The van der Waals surface area contributed by atoms with E-state index < -0.39 is 17.3 Å². The first-order valence-electron chi connectivity index (χ1n) is 8.76. The number of carbonyl (C=O) groups excluding carboxylic acids is 2. The number of H-pyrrole nitrogens is 1. The summed E-state index contributed by atoms with van der Waals surface area (Å²) in [6, 6.07) is 14.4. The summed E-state index contributed by atoms with van der Waals surface area (Å²) < 4.78 is 5.41. The van der Waals surface area contributed by atoms with Gasteiger partial charge in [-0.25, -0.2) is 4.98 Å². The van der Waals surface area contributed by atoms with Gasteiger partial charge in [-0.05, 0) is 31.2 Å². The maximum Gasteiger partial charge on any atom is 0.308 e. The van der Waals surface area contributed by atoms with Gasteiger partial charge in [0.1, 0.15) is 0 Å². The smallest absolute Gasteiger partial charge is 0.308 e. The normalized spacial score (nSPS) is 16.9. The van der Waals surface area contributed by atoms with Crippen LogP contribution >= 0.6 is 11.8 Å². The van der Waals surface area contributed by atoms with Gasteiger partial charge in [0.05, 0.1) is 28.3 Å². The summed E-state index contributed by atoms with van der Waals surface area (Å²) in [5.74, 6) is -0.496. The number of hydrogen-bond acceptors (Lipinski definition) is 6. The second-order valence-corrected chi connectivity index (χ2v) is 7.64. The van der Waals surface area contributed by atoms with Crippen molar-refractivity contribution in [3.63, 3.8) is 0 Å². The van der Waals surface area contributed by atoms with Crippen LogP contribution in [0.5, 0.6) is 0 Å². The number of ether oxygens (including phenoxy) is 1. The first-order chi connectivity index (χ1) is 13.5. The van der Waals surface area contributed by atoms with Crippen LogP contribution in [0.3, 0.4) is 0 Å². The number of amides is 1. The van der Waals surface area contributed by atoms with Crippen LogP contribution in [-0.2, 0) is 14.3 Å². The van der Waals surface area contributed by atoms with Gasteiger partial charge in [0.2, 0.25) is 5.91 Å². The molecule has 0 bridgehead atoms. The SMILES string of the molecule is C[C@H](OC(=O)C[C@@H]1Sc2ccccc2NC1=O)c1nc2ccccc2c(=O)[nH]1. The topological polar surface area (TPSA) is 101 Å². The molecule has 2 aromatic carbocycles. The van der Waals surface area contributed by atoms with E-state index in [0.29, 0.717) is 10.9 Å². The fourth-order valence-electron chi connectivity index (χ4n) is 2.98. The van der Waals surface area contributed by atoms with Crippen molar-refractivity contribution in [3.05, 3.63) is 64.7 Å². The predicted octanol–water partition coefficient (Wildman–Crippen LogP) is 3.03. The van der Waals surface area contributed by atoms with Crippen molar-refractivity contribution >= 4 is 40.2 Å². The molecule has 4 rings (SSSR count). The first kappa shape index (κ1) is 18.2. The molecule has 1 amide bonds. The van der Waals surface area contributed by atoms with Crippen molar-refractivity contribution in [2.75, 3.05) is 5.32 Å². The second kappa shape index (κ2) is 7.47. The number of nitrogens with zero attached hydrogens (tertiary/aromatic N) is 1. The third kappa shape index (κ3) is 3.63. The summed E-state index contributed by atoms with van der Waals surface area (Å²) >= 11 is 1.33. The molecule has 3 aromatic rings. The molecule has 8 heteroatoms. The highest BCUT2D eigenvalue weighted by molar-refractivity contribution is 8.01. The molecule has 1 aliphatic heterocycles. The van der Waals surface area contributed by atoms with Crippen LogP contribution in [0, 0.1) is 0 Å². The van der Waals surface area contributed by atoms with Crippen molar-refractivity contribution in [2.24, 2.45) is 0 Å². The molecule has 0 spiro atoms. The Labute approximate surface area is 164 Å². The number of rotatable bonds is 4. The van der Waals surface area contributed by atoms with Crippen LogP contribution < -0.4 is 10.9 Å². The Bertz CT molecular complexity index is 1130. The molecule has 0 aliphatic carbocycles. The van der Waals surface area contributed by atoms with Crippen LogP contribution in [0.4, 0.5) is 5.69 Å². The van der Waals surface area contributed by atoms with Gasteiger partial charge in [-0.1, -0.05) is 24.3 Å². The second-order valence-electron chi connectivity index (χ2n) is 6.40. The molecule has 0 fully saturated rings. The Morgan fingerprint density at radius 3 is 2.79 bits per heavy atom. The van der Waals surface area contributed by atoms with Crippen LogP contribution in [0.25, 0.3) is 10.9 Å². The van der Waals surface area contributed by atoms with E-state index in [1.54, 1.807) is 31.2 Å². The summed E-state index contributed by atoms with van der Waals surface area (Å²) in [7, 11) is 0. The molecule has 2 N–H and O–H groups in total. The first-order valence-corrected chi connectivity index (χ1v) is 9.64. The minimum Gasteiger partial charge on any atom is -0.454 e. The largest absolute Gasteiger partial charge is 0.454 e. The number of anilines is 1. The fourth-order valence-corrected chi connectivity index (χ4v) is 4.07. The third-order valence-corrected chi connectivity index (χ3v) is 5.66. The summed E-state index contributed by atoms with van der Waals surface area (Å²) in [5.41, 5.74) is 0.985. The van der Waals surface area contributed by atoms with Gasteiger partial charge in [-0.2, -0.15) is 0 Å². The minimum absolute atomic E-state index is 0.0764. The number of fused-ring (bicyclic) bond motifs is 2. The van der Waals surface area contributed by atoms with E-state index in [1.165, 1.54) is 11.8 Å². The molecule has 28 heavy (non-hydrogen) atoms. The number of nitrogens with one attached hydrogen (secondary N) is 2. The molecule has 0 radical (unpaired) electrons. The number of benzene rings is 2. The van der Waals surface area contributed by atoms with E-state index in [-0.39, 0.29) is 23.7 Å². The van der Waals surface area contributed by atoms with E-state index in [4.69, 9.17) is 4.74 Å². The average Bonchev–Trinajstić information content (AvgIpc) is 2.68. The fraction of sp³-hybridized carbons (Fsp3) is 0.200. The summed E-state index contributed by atoms with van der Waals surface area (Å²) in [6.45, 7) is 1.63. The highest BCUT2D eigenvalue weighted by Crippen LogP contribution is 2.36. The number of aromatic nitrogens is 2. The number of esters is 1. The molecule has 1 aromatic heterocycles. The monoisotopic (exact) mass is 395 g/mol. The number of carbonyl (C=O) groups is 2. The van der Waals surface area contributed by atoms with Gasteiger partial charge >= 0.3 is 5.97 Å². The zero-order valence-corrected chi connectivity index (χ0v) is 15.8. The Morgan fingerprint density at radius 2 is 1.93 bits per heavy atom. The molecule has 2 heterocycles. The van der Waals surface area contributed by atoms with E-state index in [1.807, 2.05) is 24.3 Å². The summed E-state index contributed by atoms with van der Waals surface area (Å²) in [6.07, 6.45) is -0.818. The molecule has 0 unspecified atom stereocenters. The lowest BCUT2D eigenvalue weighted by atomic mass is 10.2. The molecule has 1 aliphatic rings. The van der Waals surface area contributed by atoms with Crippen LogP contribution in [0.15, 0.2) is 58.2 Å². The molecular formula is C20H17N3O4S. The molecule has 2 atom stereocenters. The van der Waals surface area contributed by atoms with E-state index >= 15 is 0 Å². The molecule has 142 valence electrons. The van der Waals surface area contributed by atoms with Gasteiger partial charge in [-0.15, -0.1) is 11.8 Å². The average molecular weight is 395 g/mol. The third-order valence-electron chi connectivity index (χ3n) is 4.38. The van der Waals surface area contributed by atoms with Crippen molar-refractivity contribution < 1.29 is 14.3 Å². The van der Waals surface area contributed by atoms with Crippen molar-refractivity contribution in [1.29, 1.82) is 0 Å². The van der Waals surface area contributed by atoms with E-state index in [9.17, 15) is 14.4 Å². The maximum absolute atomic E-state index is 12.4. The molecule has 7 nitrogen and oxygen atoms in total. The standard InChI is InChI=1S/C20H17N3O4S/c1-11(18-21-13-7-3-2-6-12(13)19(25)23-18)27-17(24)10-16-20(26)22-14-8-4-5-9-15(14)28-16/h2-9,11,16H,10H2,1H3,(H,22,26)(H,21,23,25)/t11-,16-/m0/s1. The van der Waals surface area contributed by atoms with Crippen molar-refractivity contribution in [1.82, 2.24) is 9.97 Å². The highest BCUT2D eigenvalue weighted by atomic mass is 32.2. The lowest BCUT2D eigenvalue weighted by Crippen LogP contribution is -2.31. The summed E-state index contributed by atoms with van der Waals surface area (Å²) in [5, 5.41) is 2.70. The number of para-hydroxylation sites is 2. The Morgan fingerprint density at radius 1 is 1.18 bits per heavy atom. The van der Waals surface area contributed by atoms with Gasteiger partial charge in [0.15, 0.2) is 11.9 Å². The van der Waals surface area contributed by atoms with Crippen LogP contribution in [-0.4, -0.2) is 27.1 Å². The van der Waals surface area contributed by atoms with E-state index in [2.05, 4.69) is 15.3 Å². The Balaban J connectivity index is 1.45. The van der Waals surface area contributed by atoms with Crippen LogP contribution in [0.1, 0.15) is 25.3 Å². The van der Waals surface area contributed by atoms with Crippen molar-refractivity contribution in [3.8, 4) is 0 Å². The van der Waals surface area contributed by atoms with Gasteiger partial charge in [-0.3, -0.25) is 14.4 Å². The van der Waals surface area contributed by atoms with E-state index in [0.717, 1.165) is 10.6 Å². The maximum atomic E-state index is 12.4. The Hall–Kier alpha value is -3.13. The minimum atomic E-state index is -0.742. The Kier molecular flexibility index (Phi) is 4.87. The number of hydrogen-bond donors (Lipinski definition) is 2. The lowest BCUT2D eigenvalue weighted by Gasteiger charge is -2.23. The molecule has 0 saturated carbocycles.